The maximum Gasteiger partial charge on any atom is 0.106 e. The molecule has 0 aliphatic rings. The van der Waals surface area contributed by atoms with Crippen LogP contribution in [0.4, 0.5) is 0 Å². The molecule has 0 unspecified atom stereocenters. The minimum Gasteiger partial charge on any atom is -0.259 e. The molecule has 0 amide bonds. The summed E-state index contributed by atoms with van der Waals surface area (Å²) < 4.78 is 0.00259. The lowest BCUT2D eigenvalue weighted by Gasteiger charge is -2.29. The van der Waals surface area contributed by atoms with Gasteiger partial charge in [-0.15, -0.1) is 23.5 Å². The third-order valence-electron chi connectivity index (χ3n) is 2.99. The number of pyridine rings is 1. The van der Waals surface area contributed by atoms with Crippen molar-refractivity contribution in [1.82, 2.24) is 4.98 Å². The van der Waals surface area contributed by atoms with Crippen molar-refractivity contribution in [3.63, 3.8) is 0 Å². The van der Waals surface area contributed by atoms with E-state index in [0.29, 0.717) is 0 Å². The van der Waals surface area contributed by atoms with E-state index in [-0.39, 0.29) is 4.08 Å². The second-order valence-electron chi connectivity index (χ2n) is 4.04. The molecule has 0 radical (unpaired) electrons. The molecule has 2 aromatic rings. The fourth-order valence-corrected chi connectivity index (χ4v) is 3.93. The zero-order chi connectivity index (χ0) is 12.8. The summed E-state index contributed by atoms with van der Waals surface area (Å²) in [5.41, 5.74) is 2.50. The summed E-state index contributed by atoms with van der Waals surface area (Å²) in [7, 11) is 0. The summed E-state index contributed by atoms with van der Waals surface area (Å²) >= 11 is 3.73. The van der Waals surface area contributed by atoms with Gasteiger partial charge in [-0.3, -0.25) is 4.98 Å². The van der Waals surface area contributed by atoms with Crippen LogP contribution in [0.1, 0.15) is 11.3 Å². The third-order valence-corrected chi connectivity index (χ3v) is 6.02. The summed E-state index contributed by atoms with van der Waals surface area (Å²) in [6, 6.07) is 16.8. The van der Waals surface area contributed by atoms with Crippen LogP contribution in [0.25, 0.3) is 0 Å². The average molecular weight is 275 g/mol. The molecule has 0 N–H and O–H groups in total. The summed E-state index contributed by atoms with van der Waals surface area (Å²) in [5, 5.41) is 0. The number of thioether (sulfide) groups is 2. The summed E-state index contributed by atoms with van der Waals surface area (Å²) in [6.45, 7) is 0. The first-order valence-corrected chi connectivity index (χ1v) is 8.31. The van der Waals surface area contributed by atoms with Crippen LogP contribution in [-0.2, 0) is 10.5 Å². The van der Waals surface area contributed by atoms with Crippen molar-refractivity contribution in [2.45, 2.75) is 10.5 Å². The van der Waals surface area contributed by atoms with Crippen molar-refractivity contribution < 1.29 is 0 Å². The van der Waals surface area contributed by atoms with Gasteiger partial charge in [0.15, 0.2) is 0 Å². The van der Waals surface area contributed by atoms with Crippen LogP contribution in [0.3, 0.4) is 0 Å². The SMILES string of the molecule is CSC(Cc1ccccc1)(SC)c1ccccn1. The number of benzene rings is 1. The highest BCUT2D eigenvalue weighted by Gasteiger charge is 2.31. The lowest BCUT2D eigenvalue weighted by atomic mass is 10.1. The van der Waals surface area contributed by atoms with Gasteiger partial charge >= 0.3 is 0 Å². The summed E-state index contributed by atoms with van der Waals surface area (Å²) in [5.74, 6) is 0. The molecule has 3 heteroatoms. The lowest BCUT2D eigenvalue weighted by Crippen LogP contribution is -2.21. The molecule has 0 fully saturated rings. The zero-order valence-electron chi connectivity index (χ0n) is 10.7. The molecule has 0 saturated carbocycles. The molecule has 0 saturated heterocycles. The standard InChI is InChI=1S/C15H17NS2/c1-17-15(18-2,14-10-6-7-11-16-14)12-13-8-4-3-5-9-13/h3-11H,12H2,1-2H3. The Kier molecular flexibility index (Phi) is 4.72. The Balaban J connectivity index is 2.33. The van der Waals surface area contributed by atoms with Gasteiger partial charge < -0.3 is 0 Å². The van der Waals surface area contributed by atoms with Crippen LogP contribution >= 0.6 is 23.5 Å². The van der Waals surface area contributed by atoms with Crippen molar-refractivity contribution in [3.8, 4) is 0 Å². The second-order valence-corrected chi connectivity index (χ2v) is 6.51. The van der Waals surface area contributed by atoms with E-state index in [1.807, 2.05) is 35.8 Å². The smallest absolute Gasteiger partial charge is 0.106 e. The number of hydrogen-bond acceptors (Lipinski definition) is 3. The molecule has 1 nitrogen and oxygen atoms in total. The summed E-state index contributed by atoms with van der Waals surface area (Å²) in [4.78, 5) is 4.55. The molecule has 18 heavy (non-hydrogen) atoms. The number of nitrogens with zero attached hydrogens (tertiary/aromatic N) is 1. The first-order chi connectivity index (χ1) is 8.80. The Morgan fingerprint density at radius 2 is 1.61 bits per heavy atom. The molecule has 2 rings (SSSR count). The molecule has 1 aromatic heterocycles. The predicted molar refractivity (Wildman–Crippen MR) is 83.1 cm³/mol. The van der Waals surface area contributed by atoms with Gasteiger partial charge in [0.25, 0.3) is 0 Å². The van der Waals surface area contributed by atoms with Gasteiger partial charge in [-0.1, -0.05) is 36.4 Å². The highest BCUT2D eigenvalue weighted by molar-refractivity contribution is 8.16. The number of rotatable bonds is 5. The zero-order valence-corrected chi connectivity index (χ0v) is 12.3. The van der Waals surface area contributed by atoms with E-state index in [2.05, 4.69) is 60.0 Å². The van der Waals surface area contributed by atoms with E-state index in [4.69, 9.17) is 0 Å². The largest absolute Gasteiger partial charge is 0.259 e. The molecule has 0 spiro atoms. The van der Waals surface area contributed by atoms with E-state index >= 15 is 0 Å². The molecule has 1 heterocycles. The van der Waals surface area contributed by atoms with Gasteiger partial charge in [-0.05, 0) is 30.2 Å². The Labute approximate surface area is 117 Å². The number of aromatic nitrogens is 1. The highest BCUT2D eigenvalue weighted by atomic mass is 32.2. The summed E-state index contributed by atoms with van der Waals surface area (Å²) in [6.07, 6.45) is 7.19. The first kappa shape index (κ1) is 13.5. The maximum atomic E-state index is 4.55. The van der Waals surface area contributed by atoms with Crippen LogP contribution in [0, 0.1) is 0 Å². The van der Waals surface area contributed by atoms with Crippen molar-refractivity contribution >= 4 is 23.5 Å². The topological polar surface area (TPSA) is 12.9 Å². The minimum atomic E-state index is 0.00259. The van der Waals surface area contributed by atoms with Crippen molar-refractivity contribution in [2.75, 3.05) is 12.5 Å². The Hall–Kier alpha value is -0.930. The molecule has 1 aromatic carbocycles. The highest BCUT2D eigenvalue weighted by Crippen LogP contribution is 2.45. The average Bonchev–Trinajstić information content (AvgIpc) is 2.47. The maximum absolute atomic E-state index is 4.55. The monoisotopic (exact) mass is 275 g/mol. The van der Waals surface area contributed by atoms with Crippen LogP contribution in [0.2, 0.25) is 0 Å². The molecule has 94 valence electrons. The lowest BCUT2D eigenvalue weighted by molar-refractivity contribution is 0.831. The van der Waals surface area contributed by atoms with E-state index in [9.17, 15) is 0 Å². The Morgan fingerprint density at radius 3 is 2.17 bits per heavy atom. The Bertz CT molecular complexity index is 466. The van der Waals surface area contributed by atoms with Crippen molar-refractivity contribution in [2.24, 2.45) is 0 Å². The van der Waals surface area contributed by atoms with Crippen molar-refractivity contribution in [1.29, 1.82) is 0 Å². The minimum absolute atomic E-state index is 0.00259. The fraction of sp³-hybridized carbons (Fsp3) is 0.267. The third kappa shape index (κ3) is 2.90. The van der Waals surface area contributed by atoms with Crippen LogP contribution in [-0.4, -0.2) is 17.5 Å². The molecule has 0 bridgehead atoms. The van der Waals surface area contributed by atoms with Gasteiger partial charge in [0, 0.05) is 12.6 Å². The molecule has 0 atom stereocenters. The van der Waals surface area contributed by atoms with Gasteiger partial charge in [0.2, 0.25) is 0 Å². The first-order valence-electron chi connectivity index (χ1n) is 5.86. The molecular weight excluding hydrogens is 258 g/mol. The van der Waals surface area contributed by atoms with Gasteiger partial charge in [0.1, 0.15) is 4.08 Å². The number of hydrogen-bond donors (Lipinski definition) is 0. The molecule has 0 aliphatic heterocycles. The predicted octanol–water partition coefficient (Wildman–Crippen LogP) is 4.20. The van der Waals surface area contributed by atoms with Gasteiger partial charge in [0.05, 0.1) is 5.69 Å². The van der Waals surface area contributed by atoms with Crippen LogP contribution in [0.5, 0.6) is 0 Å². The van der Waals surface area contributed by atoms with E-state index in [1.54, 1.807) is 0 Å². The van der Waals surface area contributed by atoms with Crippen molar-refractivity contribution in [3.05, 3.63) is 66.0 Å². The van der Waals surface area contributed by atoms with Crippen LogP contribution in [0.15, 0.2) is 54.7 Å². The molecular formula is C15H17NS2. The second kappa shape index (κ2) is 6.30. The quantitative estimate of drug-likeness (QED) is 0.759. The van der Waals surface area contributed by atoms with E-state index < -0.39 is 0 Å². The van der Waals surface area contributed by atoms with Crippen LogP contribution < -0.4 is 0 Å². The Morgan fingerprint density at radius 1 is 0.944 bits per heavy atom. The van der Waals surface area contributed by atoms with Gasteiger partial charge in [-0.25, -0.2) is 0 Å². The fourth-order valence-electron chi connectivity index (χ4n) is 1.98. The normalized spacial score (nSPS) is 11.4. The molecule has 0 aliphatic carbocycles. The van der Waals surface area contributed by atoms with Gasteiger partial charge in [-0.2, -0.15) is 0 Å². The van der Waals surface area contributed by atoms with E-state index in [1.165, 1.54) is 5.56 Å². The van der Waals surface area contributed by atoms with E-state index in [0.717, 1.165) is 12.1 Å².